The summed E-state index contributed by atoms with van der Waals surface area (Å²) in [5.41, 5.74) is 0.922. The molecule has 0 aliphatic heterocycles. The second kappa shape index (κ2) is 12.4. The number of nitrogens with one attached hydrogen (secondary N) is 1. The van der Waals surface area contributed by atoms with Gasteiger partial charge >= 0.3 is 12.0 Å². The largest absolute Gasteiger partial charge is 0.481 e. The minimum atomic E-state index is -0.886. The zero-order valence-electron chi connectivity index (χ0n) is 18.0. The summed E-state index contributed by atoms with van der Waals surface area (Å²) in [6.07, 6.45) is 5.73. The maximum Gasteiger partial charge on any atom is 0.323 e. The predicted octanol–water partition coefficient (Wildman–Crippen LogP) is 5.60. The topological polar surface area (TPSA) is 91.8 Å². The SMILES string of the molecule is CC1CCC(N(CCOCc2ccccc2Cl)C(=O)Nc2ncc(SCC(=O)O)s2)CC1. The molecule has 0 spiro atoms. The number of carbonyl (C=O) groups is 2. The van der Waals surface area contributed by atoms with Gasteiger partial charge in [-0.1, -0.05) is 48.1 Å². The number of thiazole rings is 1. The second-order valence-electron chi connectivity index (χ2n) is 7.85. The molecule has 0 saturated heterocycles. The number of rotatable bonds is 10. The van der Waals surface area contributed by atoms with Gasteiger partial charge < -0.3 is 14.7 Å². The highest BCUT2D eigenvalue weighted by molar-refractivity contribution is 8.01. The number of aliphatic carboxylic acids is 1. The average molecular weight is 498 g/mol. The lowest BCUT2D eigenvalue weighted by molar-refractivity contribution is -0.133. The van der Waals surface area contributed by atoms with Crippen LogP contribution in [0.1, 0.15) is 38.2 Å². The van der Waals surface area contributed by atoms with Crippen LogP contribution in [0.25, 0.3) is 0 Å². The highest BCUT2D eigenvalue weighted by Gasteiger charge is 2.28. The average Bonchev–Trinajstić information content (AvgIpc) is 3.21. The van der Waals surface area contributed by atoms with Gasteiger partial charge in [-0.25, -0.2) is 9.78 Å². The molecule has 1 fully saturated rings. The number of carboxylic acid groups (broad SMARTS) is 1. The summed E-state index contributed by atoms with van der Waals surface area (Å²) in [6, 6.07) is 7.53. The molecule has 1 aliphatic carbocycles. The van der Waals surface area contributed by atoms with E-state index < -0.39 is 5.97 Å². The zero-order valence-corrected chi connectivity index (χ0v) is 20.3. The fraction of sp³-hybridized carbons (Fsp3) is 0.500. The van der Waals surface area contributed by atoms with Crippen LogP contribution in [0.4, 0.5) is 9.93 Å². The van der Waals surface area contributed by atoms with E-state index in [2.05, 4.69) is 17.2 Å². The van der Waals surface area contributed by atoms with Crippen LogP contribution in [0.3, 0.4) is 0 Å². The van der Waals surface area contributed by atoms with Gasteiger partial charge in [0.2, 0.25) is 0 Å². The molecular weight excluding hydrogens is 470 g/mol. The van der Waals surface area contributed by atoms with Crippen molar-refractivity contribution >= 4 is 51.8 Å². The van der Waals surface area contributed by atoms with Crippen LogP contribution in [-0.2, 0) is 16.1 Å². The number of hydrogen-bond donors (Lipinski definition) is 2. The molecule has 10 heteroatoms. The Morgan fingerprint density at radius 3 is 2.78 bits per heavy atom. The van der Waals surface area contributed by atoms with E-state index in [4.69, 9.17) is 21.4 Å². The van der Waals surface area contributed by atoms with Crippen LogP contribution in [0.15, 0.2) is 34.7 Å². The fourth-order valence-electron chi connectivity index (χ4n) is 3.64. The highest BCUT2D eigenvalue weighted by atomic mass is 35.5. The van der Waals surface area contributed by atoms with Crippen molar-refractivity contribution in [2.75, 3.05) is 24.2 Å². The maximum absolute atomic E-state index is 13.1. The number of aromatic nitrogens is 1. The second-order valence-corrected chi connectivity index (χ2v) is 10.6. The molecule has 3 rings (SSSR count). The van der Waals surface area contributed by atoms with E-state index in [1.165, 1.54) is 23.1 Å². The number of carboxylic acids is 1. The van der Waals surface area contributed by atoms with Gasteiger partial charge in [-0.05, 0) is 43.2 Å². The molecule has 2 N–H and O–H groups in total. The minimum Gasteiger partial charge on any atom is -0.481 e. The molecule has 2 amide bonds. The van der Waals surface area contributed by atoms with E-state index in [0.717, 1.165) is 35.5 Å². The summed E-state index contributed by atoms with van der Waals surface area (Å²) in [7, 11) is 0. The van der Waals surface area contributed by atoms with Gasteiger partial charge in [-0.3, -0.25) is 10.1 Å². The molecule has 1 aromatic heterocycles. The number of anilines is 1. The number of urea groups is 1. The highest BCUT2D eigenvalue weighted by Crippen LogP contribution is 2.30. The Labute approximate surface area is 201 Å². The Hall–Kier alpha value is -1.81. The third-order valence-corrected chi connectivity index (χ3v) is 7.88. The third kappa shape index (κ3) is 7.65. The van der Waals surface area contributed by atoms with Crippen molar-refractivity contribution < 1.29 is 19.4 Å². The number of thioether (sulfide) groups is 1. The van der Waals surface area contributed by atoms with Crippen LogP contribution in [0, 0.1) is 5.92 Å². The van der Waals surface area contributed by atoms with Gasteiger partial charge in [-0.2, -0.15) is 0 Å². The monoisotopic (exact) mass is 497 g/mol. The van der Waals surface area contributed by atoms with E-state index in [-0.39, 0.29) is 17.8 Å². The van der Waals surface area contributed by atoms with E-state index in [0.29, 0.717) is 35.8 Å². The number of carbonyl (C=O) groups excluding carboxylic acids is 1. The molecule has 1 aromatic carbocycles. The molecule has 0 radical (unpaired) electrons. The normalized spacial score (nSPS) is 18.3. The first-order valence-corrected chi connectivity index (χ1v) is 12.8. The zero-order chi connectivity index (χ0) is 22.9. The van der Waals surface area contributed by atoms with Gasteiger partial charge in [0.15, 0.2) is 5.13 Å². The Morgan fingerprint density at radius 1 is 1.31 bits per heavy atom. The molecule has 1 aliphatic rings. The van der Waals surface area contributed by atoms with Crippen LogP contribution in [-0.4, -0.2) is 51.9 Å². The van der Waals surface area contributed by atoms with Crippen LogP contribution < -0.4 is 5.32 Å². The molecule has 0 bridgehead atoms. The molecule has 1 saturated carbocycles. The lowest BCUT2D eigenvalue weighted by Gasteiger charge is -2.36. The van der Waals surface area contributed by atoms with Crippen molar-refractivity contribution in [3.8, 4) is 0 Å². The molecule has 174 valence electrons. The third-order valence-electron chi connectivity index (χ3n) is 5.42. The van der Waals surface area contributed by atoms with Crippen molar-refractivity contribution in [1.82, 2.24) is 9.88 Å². The standard InChI is InChI=1S/C22H28ClN3O4S2/c1-15-6-8-17(9-7-15)26(10-11-30-13-16-4-2-3-5-18(16)23)22(29)25-21-24-12-20(32-21)31-14-19(27)28/h2-5,12,15,17H,6-11,13-14H2,1H3,(H,27,28)(H,24,25,29). The molecule has 0 unspecified atom stereocenters. The number of amides is 2. The summed E-state index contributed by atoms with van der Waals surface area (Å²) in [6.45, 7) is 3.52. The van der Waals surface area contributed by atoms with E-state index in [1.54, 1.807) is 6.20 Å². The lowest BCUT2D eigenvalue weighted by atomic mass is 9.86. The predicted molar refractivity (Wildman–Crippen MR) is 129 cm³/mol. The number of benzene rings is 1. The first kappa shape index (κ1) is 24.8. The van der Waals surface area contributed by atoms with Crippen LogP contribution in [0.2, 0.25) is 5.02 Å². The van der Waals surface area contributed by atoms with Gasteiger partial charge in [0.1, 0.15) is 0 Å². The van der Waals surface area contributed by atoms with E-state index >= 15 is 0 Å². The minimum absolute atomic E-state index is 0.0370. The van der Waals surface area contributed by atoms with E-state index in [9.17, 15) is 9.59 Å². The smallest absolute Gasteiger partial charge is 0.323 e. The summed E-state index contributed by atoms with van der Waals surface area (Å²) in [5.74, 6) is -0.242. The van der Waals surface area contributed by atoms with Gasteiger partial charge in [-0.15, -0.1) is 11.8 Å². The van der Waals surface area contributed by atoms with Crippen molar-refractivity contribution in [3.63, 3.8) is 0 Å². The van der Waals surface area contributed by atoms with Crippen molar-refractivity contribution in [3.05, 3.63) is 41.0 Å². The molecule has 0 atom stereocenters. The lowest BCUT2D eigenvalue weighted by Crippen LogP contribution is -2.46. The summed E-state index contributed by atoms with van der Waals surface area (Å²) < 4.78 is 6.58. The number of ether oxygens (including phenoxy) is 1. The first-order valence-electron chi connectivity index (χ1n) is 10.6. The van der Waals surface area contributed by atoms with Crippen molar-refractivity contribution in [2.24, 2.45) is 5.92 Å². The molecule has 32 heavy (non-hydrogen) atoms. The Balaban J connectivity index is 1.57. The van der Waals surface area contributed by atoms with E-state index in [1.807, 2.05) is 29.2 Å². The number of halogens is 1. The maximum atomic E-state index is 13.1. The molecular formula is C22H28ClN3O4S2. The number of hydrogen-bond acceptors (Lipinski definition) is 6. The van der Waals surface area contributed by atoms with Crippen LogP contribution in [0.5, 0.6) is 0 Å². The molecule has 7 nitrogen and oxygen atoms in total. The fourth-order valence-corrected chi connectivity index (χ4v) is 5.42. The molecule has 2 aromatic rings. The first-order chi connectivity index (χ1) is 15.4. The van der Waals surface area contributed by atoms with Gasteiger partial charge in [0, 0.05) is 17.6 Å². The Morgan fingerprint density at radius 2 is 2.06 bits per heavy atom. The van der Waals surface area contributed by atoms with Gasteiger partial charge in [0.25, 0.3) is 0 Å². The quantitative estimate of drug-likeness (QED) is 0.328. The van der Waals surface area contributed by atoms with Crippen molar-refractivity contribution in [2.45, 2.75) is 49.5 Å². The summed E-state index contributed by atoms with van der Waals surface area (Å²) in [5, 5.41) is 12.8. The Bertz CT molecular complexity index is 903. The van der Waals surface area contributed by atoms with Crippen molar-refractivity contribution in [1.29, 1.82) is 0 Å². The summed E-state index contributed by atoms with van der Waals surface area (Å²) >= 11 is 8.66. The Kier molecular flexibility index (Phi) is 9.65. The van der Waals surface area contributed by atoms with Crippen LogP contribution >= 0.6 is 34.7 Å². The molecule has 1 heterocycles. The van der Waals surface area contributed by atoms with Gasteiger partial charge in [0.05, 0.1) is 29.4 Å². The summed E-state index contributed by atoms with van der Waals surface area (Å²) in [4.78, 5) is 29.9. The number of nitrogens with zero attached hydrogens (tertiary/aromatic N) is 2.